The first-order chi connectivity index (χ1) is 9.67. The van der Waals surface area contributed by atoms with Gasteiger partial charge in [0.15, 0.2) is 0 Å². The Morgan fingerprint density at radius 1 is 1.14 bits per heavy atom. The molecule has 3 aliphatic rings. The Balaban J connectivity index is 1.88. The zero-order chi connectivity index (χ0) is 15.4. The standard InChI is InChI=1S/C19H30OSi/c1-19(2)12-15(20)11-17(19)18-14-7-6-13(10-14)16(18)8-9-21(3,4)5/h13-14,16-18H,6-7,10-12H2,1-5H3/t13-,14+,16?,17?,18?/m0/s1. The molecule has 116 valence electrons. The van der Waals surface area contributed by atoms with Crippen LogP contribution in [-0.2, 0) is 4.79 Å². The van der Waals surface area contributed by atoms with Gasteiger partial charge in [0.2, 0.25) is 0 Å². The molecule has 1 nitrogen and oxygen atoms in total. The van der Waals surface area contributed by atoms with Crippen LogP contribution in [0.1, 0.15) is 46.0 Å². The minimum absolute atomic E-state index is 0.200. The molecule has 5 atom stereocenters. The van der Waals surface area contributed by atoms with Crippen molar-refractivity contribution in [2.24, 2.45) is 35.0 Å². The lowest BCUT2D eigenvalue weighted by atomic mass is 9.65. The average Bonchev–Trinajstić information content (AvgIpc) is 2.97. The molecular weight excluding hydrogens is 272 g/mol. The van der Waals surface area contributed by atoms with Crippen LogP contribution < -0.4 is 0 Å². The fourth-order valence-electron chi connectivity index (χ4n) is 5.32. The van der Waals surface area contributed by atoms with Crippen LogP contribution >= 0.6 is 0 Å². The van der Waals surface area contributed by atoms with Crippen LogP contribution in [0.5, 0.6) is 0 Å². The van der Waals surface area contributed by atoms with E-state index in [0.717, 1.165) is 24.7 Å². The van der Waals surface area contributed by atoms with Gasteiger partial charge in [-0.05, 0) is 48.3 Å². The van der Waals surface area contributed by atoms with Gasteiger partial charge in [-0.15, -0.1) is 11.5 Å². The van der Waals surface area contributed by atoms with Gasteiger partial charge in [0.05, 0.1) is 0 Å². The zero-order valence-corrected chi connectivity index (χ0v) is 15.3. The van der Waals surface area contributed by atoms with Gasteiger partial charge in [-0.25, -0.2) is 0 Å². The summed E-state index contributed by atoms with van der Waals surface area (Å²) in [5, 5.41) is 0. The SMILES string of the molecule is CC1(C)CC(=O)CC1C1C(C#C[Si](C)(C)C)[C@H]2CC[C@@H]1C2. The molecule has 0 aliphatic heterocycles. The molecule has 0 aromatic carbocycles. The van der Waals surface area contributed by atoms with E-state index in [0.29, 0.717) is 23.5 Å². The van der Waals surface area contributed by atoms with Gasteiger partial charge < -0.3 is 0 Å². The van der Waals surface area contributed by atoms with Crippen LogP contribution in [-0.4, -0.2) is 13.9 Å². The van der Waals surface area contributed by atoms with E-state index in [1.165, 1.54) is 19.3 Å². The lowest BCUT2D eigenvalue weighted by Gasteiger charge is -2.39. The van der Waals surface area contributed by atoms with Crippen molar-refractivity contribution >= 4 is 13.9 Å². The molecule has 3 fully saturated rings. The number of fused-ring (bicyclic) bond motifs is 2. The van der Waals surface area contributed by atoms with Crippen LogP contribution in [0.3, 0.4) is 0 Å². The number of Topliss-reactive ketones (excluding diaryl/α,β-unsaturated/α-hetero) is 1. The summed E-state index contributed by atoms with van der Waals surface area (Å²) in [7, 11) is -1.30. The molecule has 3 saturated carbocycles. The highest BCUT2D eigenvalue weighted by Crippen LogP contribution is 2.60. The predicted octanol–water partition coefficient (Wildman–Crippen LogP) is 4.53. The van der Waals surface area contributed by atoms with E-state index < -0.39 is 8.07 Å². The van der Waals surface area contributed by atoms with Crippen molar-refractivity contribution in [2.45, 2.75) is 65.6 Å². The molecule has 0 heterocycles. The van der Waals surface area contributed by atoms with Gasteiger partial charge in [0.25, 0.3) is 0 Å². The van der Waals surface area contributed by atoms with E-state index in [1.54, 1.807) is 0 Å². The highest BCUT2D eigenvalue weighted by molar-refractivity contribution is 6.83. The number of hydrogen-bond donors (Lipinski definition) is 0. The number of carbonyl (C=O) groups excluding carboxylic acids is 1. The summed E-state index contributed by atoms with van der Waals surface area (Å²) in [6, 6.07) is 0. The van der Waals surface area contributed by atoms with Crippen molar-refractivity contribution in [3.05, 3.63) is 0 Å². The van der Waals surface area contributed by atoms with E-state index in [9.17, 15) is 4.79 Å². The molecule has 2 bridgehead atoms. The van der Waals surface area contributed by atoms with Gasteiger partial charge in [0.1, 0.15) is 13.9 Å². The molecule has 3 rings (SSSR count). The highest BCUT2D eigenvalue weighted by Gasteiger charge is 2.55. The Kier molecular flexibility index (Phi) is 3.64. The first-order valence-electron chi connectivity index (χ1n) is 8.72. The van der Waals surface area contributed by atoms with Gasteiger partial charge in [-0.3, -0.25) is 4.79 Å². The summed E-state index contributed by atoms with van der Waals surface area (Å²) in [4.78, 5) is 12.0. The fourth-order valence-corrected chi connectivity index (χ4v) is 5.92. The molecule has 0 aromatic rings. The van der Waals surface area contributed by atoms with Crippen molar-refractivity contribution < 1.29 is 4.79 Å². The van der Waals surface area contributed by atoms with Gasteiger partial charge in [0, 0.05) is 18.8 Å². The molecule has 0 aromatic heterocycles. The molecule has 0 saturated heterocycles. The first kappa shape index (κ1) is 15.3. The molecule has 0 N–H and O–H groups in total. The van der Waals surface area contributed by atoms with E-state index >= 15 is 0 Å². The largest absolute Gasteiger partial charge is 0.300 e. The first-order valence-corrected chi connectivity index (χ1v) is 12.2. The summed E-state index contributed by atoms with van der Waals surface area (Å²) < 4.78 is 0. The van der Waals surface area contributed by atoms with Crippen LogP contribution in [0.25, 0.3) is 0 Å². The van der Waals surface area contributed by atoms with Gasteiger partial charge >= 0.3 is 0 Å². The molecular formula is C19H30OSi. The lowest BCUT2D eigenvalue weighted by Crippen LogP contribution is -2.34. The van der Waals surface area contributed by atoms with E-state index in [1.807, 2.05) is 0 Å². The molecule has 21 heavy (non-hydrogen) atoms. The van der Waals surface area contributed by atoms with E-state index in [4.69, 9.17) is 0 Å². The van der Waals surface area contributed by atoms with Crippen molar-refractivity contribution in [1.82, 2.24) is 0 Å². The predicted molar refractivity (Wildman–Crippen MR) is 90.4 cm³/mol. The number of ketones is 1. The van der Waals surface area contributed by atoms with Crippen LogP contribution in [0.15, 0.2) is 0 Å². The summed E-state index contributed by atoms with van der Waals surface area (Å²) in [5.41, 5.74) is 3.84. The van der Waals surface area contributed by atoms with Crippen molar-refractivity contribution in [3.8, 4) is 11.5 Å². The Morgan fingerprint density at radius 3 is 2.38 bits per heavy atom. The summed E-state index contributed by atoms with van der Waals surface area (Å²) >= 11 is 0. The maximum Gasteiger partial charge on any atom is 0.133 e. The molecule has 0 radical (unpaired) electrons. The topological polar surface area (TPSA) is 17.1 Å². The molecule has 0 amide bonds. The monoisotopic (exact) mass is 302 g/mol. The second-order valence-electron chi connectivity index (χ2n) is 9.47. The van der Waals surface area contributed by atoms with Crippen LogP contribution in [0, 0.1) is 46.5 Å². The average molecular weight is 303 g/mol. The maximum absolute atomic E-state index is 12.0. The van der Waals surface area contributed by atoms with E-state index in [-0.39, 0.29) is 5.41 Å². The normalized spacial score (nSPS) is 41.2. The number of hydrogen-bond acceptors (Lipinski definition) is 1. The highest BCUT2D eigenvalue weighted by atomic mass is 28.3. The minimum atomic E-state index is -1.30. The van der Waals surface area contributed by atoms with Crippen molar-refractivity contribution in [3.63, 3.8) is 0 Å². The van der Waals surface area contributed by atoms with Crippen molar-refractivity contribution in [1.29, 1.82) is 0 Å². The Bertz CT molecular complexity index is 502. The number of rotatable bonds is 1. The Morgan fingerprint density at radius 2 is 1.81 bits per heavy atom. The van der Waals surface area contributed by atoms with Crippen LogP contribution in [0.2, 0.25) is 19.6 Å². The zero-order valence-electron chi connectivity index (χ0n) is 14.3. The lowest BCUT2D eigenvalue weighted by molar-refractivity contribution is -0.118. The minimum Gasteiger partial charge on any atom is -0.300 e. The fraction of sp³-hybridized carbons (Fsp3) is 0.842. The molecule has 0 spiro atoms. The van der Waals surface area contributed by atoms with Crippen LogP contribution in [0.4, 0.5) is 0 Å². The van der Waals surface area contributed by atoms with Gasteiger partial charge in [-0.2, -0.15) is 0 Å². The third kappa shape index (κ3) is 2.87. The smallest absolute Gasteiger partial charge is 0.133 e. The Labute approximate surface area is 131 Å². The summed E-state index contributed by atoms with van der Waals surface area (Å²) in [5.74, 6) is 7.78. The Hall–Kier alpha value is -0.553. The summed E-state index contributed by atoms with van der Waals surface area (Å²) in [6.07, 6.45) is 5.77. The second-order valence-corrected chi connectivity index (χ2v) is 14.2. The van der Waals surface area contributed by atoms with Gasteiger partial charge in [-0.1, -0.05) is 33.5 Å². The number of carbonyl (C=O) groups is 1. The second kappa shape index (κ2) is 4.98. The van der Waals surface area contributed by atoms with Crippen molar-refractivity contribution in [2.75, 3.05) is 0 Å². The molecule has 3 aliphatic carbocycles. The summed E-state index contributed by atoms with van der Waals surface area (Å²) in [6.45, 7) is 11.6. The quantitative estimate of drug-likeness (QED) is 0.513. The van der Waals surface area contributed by atoms with E-state index in [2.05, 4.69) is 45.0 Å². The maximum atomic E-state index is 12.0. The molecule has 3 unspecified atom stereocenters. The molecule has 2 heteroatoms. The third-order valence-corrected chi connectivity index (χ3v) is 7.06. The third-order valence-electron chi connectivity index (χ3n) is 6.16.